The summed E-state index contributed by atoms with van der Waals surface area (Å²) in [5, 5.41) is 11.7. The molecule has 1 heterocycles. The molecule has 0 aliphatic heterocycles. The van der Waals surface area contributed by atoms with Crippen molar-refractivity contribution in [2.24, 2.45) is 5.92 Å². The van der Waals surface area contributed by atoms with Crippen molar-refractivity contribution in [2.75, 3.05) is 7.11 Å². The summed E-state index contributed by atoms with van der Waals surface area (Å²) >= 11 is 13.6. The molecule has 0 aliphatic carbocycles. The van der Waals surface area contributed by atoms with Crippen LogP contribution in [0.25, 0.3) is 0 Å². The number of benzene rings is 1. The lowest BCUT2D eigenvalue weighted by atomic mass is 9.82. The van der Waals surface area contributed by atoms with Gasteiger partial charge in [-0.1, -0.05) is 41.4 Å². The number of thiophene rings is 1. The van der Waals surface area contributed by atoms with Crippen molar-refractivity contribution >= 4 is 46.3 Å². The minimum absolute atomic E-state index is 0.0477. The van der Waals surface area contributed by atoms with Crippen molar-refractivity contribution in [3.63, 3.8) is 0 Å². The van der Waals surface area contributed by atoms with Crippen LogP contribution in [0, 0.1) is 17.2 Å². The minimum atomic E-state index is -1.16. The molecule has 4 nitrogen and oxygen atoms in total. The fourth-order valence-corrected chi connectivity index (χ4v) is 3.51. The number of rotatable bonds is 6. The van der Waals surface area contributed by atoms with Gasteiger partial charge in [0.25, 0.3) is 0 Å². The lowest BCUT2D eigenvalue weighted by Crippen LogP contribution is -2.24. The van der Waals surface area contributed by atoms with Gasteiger partial charge >= 0.3 is 5.97 Å². The van der Waals surface area contributed by atoms with Crippen LogP contribution < -0.4 is 0 Å². The number of nitrogens with zero attached hydrogens (tertiary/aromatic N) is 1. The largest absolute Gasteiger partial charge is 0.468 e. The average molecular weight is 382 g/mol. The molecule has 0 bridgehead atoms. The molecule has 24 heavy (non-hydrogen) atoms. The molecule has 7 heteroatoms. The summed E-state index contributed by atoms with van der Waals surface area (Å²) in [7, 11) is 1.20. The van der Waals surface area contributed by atoms with E-state index in [2.05, 4.69) is 0 Å². The highest BCUT2D eigenvalue weighted by Gasteiger charge is 2.34. The summed E-state index contributed by atoms with van der Waals surface area (Å²) in [4.78, 5) is 25.0. The van der Waals surface area contributed by atoms with E-state index in [9.17, 15) is 14.9 Å². The van der Waals surface area contributed by atoms with Crippen LogP contribution in [0.3, 0.4) is 0 Å². The standard InChI is InChI=1S/C17H13Cl2NO3S/c1-23-17(22)12(9-20)11(8-14(21)15-6-3-7-24-15)10-4-2-5-13(18)16(10)19/h2-7,11-12H,8H2,1H3/t11-,12+/m0/s1. The van der Waals surface area contributed by atoms with Crippen molar-refractivity contribution < 1.29 is 14.3 Å². The maximum Gasteiger partial charge on any atom is 0.323 e. The molecule has 2 aromatic rings. The molecular formula is C17H13Cl2NO3S. The number of esters is 1. The molecule has 1 aromatic heterocycles. The molecular weight excluding hydrogens is 369 g/mol. The lowest BCUT2D eigenvalue weighted by Gasteiger charge is -2.21. The van der Waals surface area contributed by atoms with Gasteiger partial charge in [-0.3, -0.25) is 9.59 Å². The number of methoxy groups -OCH3 is 1. The highest BCUT2D eigenvalue weighted by molar-refractivity contribution is 7.12. The van der Waals surface area contributed by atoms with Crippen LogP contribution >= 0.6 is 34.5 Å². The molecule has 124 valence electrons. The zero-order valence-corrected chi connectivity index (χ0v) is 15.0. The minimum Gasteiger partial charge on any atom is -0.468 e. The van der Waals surface area contributed by atoms with Gasteiger partial charge in [-0.25, -0.2) is 0 Å². The first-order chi connectivity index (χ1) is 11.5. The smallest absolute Gasteiger partial charge is 0.323 e. The molecule has 0 unspecified atom stereocenters. The highest BCUT2D eigenvalue weighted by atomic mass is 35.5. The molecule has 0 amide bonds. The van der Waals surface area contributed by atoms with Crippen LogP contribution in [-0.2, 0) is 9.53 Å². The third kappa shape index (κ3) is 3.96. The van der Waals surface area contributed by atoms with Gasteiger partial charge < -0.3 is 4.74 Å². The Hall–Kier alpha value is -1.87. The topological polar surface area (TPSA) is 67.2 Å². The molecule has 0 saturated heterocycles. The van der Waals surface area contributed by atoms with Gasteiger partial charge in [-0.2, -0.15) is 5.26 Å². The summed E-state index contributed by atoms with van der Waals surface area (Å²) in [6.45, 7) is 0. The predicted octanol–water partition coefficient (Wildman–Crippen LogP) is 4.72. The number of Topliss-reactive ketones (excluding diaryl/α,β-unsaturated/α-hetero) is 1. The summed E-state index contributed by atoms with van der Waals surface area (Å²) in [6.07, 6.45) is -0.0477. The third-order valence-electron chi connectivity index (χ3n) is 3.58. The lowest BCUT2D eigenvalue weighted by molar-refractivity contribution is -0.144. The zero-order chi connectivity index (χ0) is 17.7. The quantitative estimate of drug-likeness (QED) is 0.535. The molecule has 2 rings (SSSR count). The van der Waals surface area contributed by atoms with Crippen LogP contribution in [0.5, 0.6) is 0 Å². The van der Waals surface area contributed by atoms with Crippen molar-refractivity contribution in [1.82, 2.24) is 0 Å². The van der Waals surface area contributed by atoms with Crippen LogP contribution in [0.15, 0.2) is 35.7 Å². The van der Waals surface area contributed by atoms with Crippen molar-refractivity contribution in [3.05, 3.63) is 56.2 Å². The summed E-state index contributed by atoms with van der Waals surface area (Å²) in [5.41, 5.74) is 0.478. The van der Waals surface area contributed by atoms with Crippen LogP contribution in [0.4, 0.5) is 0 Å². The number of carbonyl (C=O) groups excluding carboxylic acids is 2. The van der Waals surface area contributed by atoms with Gasteiger partial charge in [-0.15, -0.1) is 11.3 Å². The first-order valence-corrected chi connectivity index (χ1v) is 8.61. The van der Waals surface area contributed by atoms with Crippen molar-refractivity contribution in [1.29, 1.82) is 5.26 Å². The number of hydrogen-bond acceptors (Lipinski definition) is 5. The molecule has 0 fully saturated rings. The van der Waals surface area contributed by atoms with Gasteiger partial charge in [0.2, 0.25) is 0 Å². The zero-order valence-electron chi connectivity index (χ0n) is 12.7. The van der Waals surface area contributed by atoms with Crippen molar-refractivity contribution in [3.8, 4) is 6.07 Å². The molecule has 2 atom stereocenters. The summed E-state index contributed by atoms with van der Waals surface area (Å²) < 4.78 is 4.70. The number of carbonyl (C=O) groups is 2. The SMILES string of the molecule is COC(=O)[C@H](C#N)[C@@H](CC(=O)c1cccs1)c1cccc(Cl)c1Cl. The second-order valence-corrected chi connectivity index (χ2v) is 6.72. The fourth-order valence-electron chi connectivity index (χ4n) is 2.39. The Morgan fingerprint density at radius 3 is 2.62 bits per heavy atom. The number of hydrogen-bond donors (Lipinski definition) is 0. The van der Waals surface area contributed by atoms with E-state index in [0.29, 0.717) is 15.5 Å². The van der Waals surface area contributed by atoms with E-state index < -0.39 is 17.8 Å². The van der Waals surface area contributed by atoms with E-state index in [1.54, 1.807) is 35.7 Å². The molecule has 0 saturated carbocycles. The molecule has 0 N–H and O–H groups in total. The van der Waals surface area contributed by atoms with Gasteiger partial charge in [0.15, 0.2) is 11.7 Å². The highest BCUT2D eigenvalue weighted by Crippen LogP contribution is 2.38. The Kier molecular flexibility index (Phi) is 6.38. The Labute approximate surface area is 153 Å². The number of ketones is 1. The Balaban J connectivity index is 2.45. The second kappa shape index (κ2) is 8.29. The van der Waals surface area contributed by atoms with Gasteiger partial charge in [0, 0.05) is 12.3 Å². The fraction of sp³-hybridized carbons (Fsp3) is 0.235. The maximum atomic E-state index is 12.5. The Bertz CT molecular complexity index is 784. The Morgan fingerprint density at radius 2 is 2.04 bits per heavy atom. The monoisotopic (exact) mass is 381 g/mol. The van der Waals surface area contributed by atoms with E-state index in [1.165, 1.54) is 18.4 Å². The van der Waals surface area contributed by atoms with Crippen molar-refractivity contribution in [2.45, 2.75) is 12.3 Å². The van der Waals surface area contributed by atoms with Crippen LogP contribution in [0.1, 0.15) is 27.6 Å². The summed E-state index contributed by atoms with van der Waals surface area (Å²) in [5.74, 6) is -2.79. The Morgan fingerprint density at radius 1 is 1.29 bits per heavy atom. The molecule has 0 aliphatic rings. The van der Waals surface area contributed by atoms with E-state index >= 15 is 0 Å². The third-order valence-corrected chi connectivity index (χ3v) is 5.32. The number of halogens is 2. The molecule has 0 radical (unpaired) electrons. The second-order valence-electron chi connectivity index (χ2n) is 4.98. The van der Waals surface area contributed by atoms with E-state index in [4.69, 9.17) is 27.9 Å². The van der Waals surface area contributed by atoms with Crippen LogP contribution in [-0.4, -0.2) is 18.9 Å². The van der Waals surface area contributed by atoms with E-state index in [1.807, 2.05) is 6.07 Å². The summed E-state index contributed by atoms with van der Waals surface area (Å²) in [6, 6.07) is 10.3. The van der Waals surface area contributed by atoms with Crippen LogP contribution in [0.2, 0.25) is 10.0 Å². The average Bonchev–Trinajstić information content (AvgIpc) is 3.11. The first kappa shape index (κ1) is 18.5. The normalized spacial score (nSPS) is 12.9. The van der Waals surface area contributed by atoms with Gasteiger partial charge in [0.1, 0.15) is 0 Å². The van der Waals surface area contributed by atoms with Gasteiger partial charge in [0.05, 0.1) is 28.1 Å². The van der Waals surface area contributed by atoms with E-state index in [-0.39, 0.29) is 17.2 Å². The maximum absolute atomic E-state index is 12.5. The number of nitriles is 1. The first-order valence-electron chi connectivity index (χ1n) is 6.97. The number of ether oxygens (including phenoxy) is 1. The van der Waals surface area contributed by atoms with E-state index in [0.717, 1.165) is 0 Å². The predicted molar refractivity (Wildman–Crippen MR) is 93.6 cm³/mol. The van der Waals surface area contributed by atoms with Gasteiger partial charge in [-0.05, 0) is 23.1 Å². The molecule has 0 spiro atoms. The molecule has 1 aromatic carbocycles.